The summed E-state index contributed by atoms with van der Waals surface area (Å²) in [5, 5.41) is 0. The van der Waals surface area contributed by atoms with Gasteiger partial charge < -0.3 is 0 Å². The molecular formula is C10H9Cl4NO2S. The smallest absolute Gasteiger partial charge is 0.247 e. The molecule has 8 heteroatoms. The van der Waals surface area contributed by atoms with E-state index in [2.05, 4.69) is 0 Å². The Hall–Kier alpha value is 0.390. The Morgan fingerprint density at radius 2 is 2.00 bits per heavy atom. The van der Waals surface area contributed by atoms with Crippen molar-refractivity contribution in [3.8, 4) is 0 Å². The van der Waals surface area contributed by atoms with Gasteiger partial charge in [-0.25, -0.2) is 4.31 Å². The van der Waals surface area contributed by atoms with Crippen LogP contribution in [-0.2, 0) is 9.59 Å². The van der Waals surface area contributed by atoms with Crippen molar-refractivity contribution >= 4 is 70.2 Å². The molecule has 3 nitrogen and oxygen atoms in total. The van der Waals surface area contributed by atoms with E-state index in [1.807, 2.05) is 6.08 Å². The van der Waals surface area contributed by atoms with Crippen LogP contribution in [0.3, 0.4) is 0 Å². The van der Waals surface area contributed by atoms with Crippen molar-refractivity contribution in [2.75, 3.05) is 0 Å². The van der Waals surface area contributed by atoms with Crippen LogP contribution >= 0.6 is 58.4 Å². The van der Waals surface area contributed by atoms with Gasteiger partial charge in [0.2, 0.25) is 15.6 Å². The summed E-state index contributed by atoms with van der Waals surface area (Å²) in [4.78, 5) is 24.1. The first kappa shape index (κ1) is 14.8. The normalized spacial score (nSPS) is 29.7. The monoisotopic (exact) mass is 347 g/mol. The summed E-state index contributed by atoms with van der Waals surface area (Å²) in [7, 11) is 0. The first-order chi connectivity index (χ1) is 8.32. The molecule has 1 heterocycles. The summed E-state index contributed by atoms with van der Waals surface area (Å²) in [5.74, 6) is -1.22. The average molecular weight is 349 g/mol. The Morgan fingerprint density at radius 3 is 2.56 bits per heavy atom. The third kappa shape index (κ3) is 2.78. The second-order valence-corrected chi connectivity index (χ2v) is 8.18. The second kappa shape index (κ2) is 5.41. The highest BCUT2D eigenvalue weighted by molar-refractivity contribution is 8.00. The van der Waals surface area contributed by atoms with Crippen LogP contribution in [-0.4, -0.2) is 24.6 Å². The molecule has 2 aliphatic rings. The minimum atomic E-state index is -1.74. The van der Waals surface area contributed by atoms with Gasteiger partial charge in [0.05, 0.1) is 11.8 Å². The number of rotatable bonds is 2. The Balaban J connectivity index is 2.13. The molecule has 0 aromatic carbocycles. The maximum atomic E-state index is 12.1. The van der Waals surface area contributed by atoms with E-state index in [1.165, 1.54) is 0 Å². The molecule has 1 aliphatic carbocycles. The number of amides is 2. The predicted molar refractivity (Wildman–Crippen MR) is 74.7 cm³/mol. The van der Waals surface area contributed by atoms with Gasteiger partial charge >= 0.3 is 0 Å². The fourth-order valence-corrected chi connectivity index (χ4v) is 3.38. The second-order valence-electron chi connectivity index (χ2n) is 4.07. The van der Waals surface area contributed by atoms with E-state index in [0.717, 1.165) is 22.7 Å². The molecule has 3 unspecified atom stereocenters. The first-order valence-electron chi connectivity index (χ1n) is 5.24. The van der Waals surface area contributed by atoms with Crippen LogP contribution in [0, 0.1) is 11.8 Å². The summed E-state index contributed by atoms with van der Waals surface area (Å²) in [6.45, 7) is 0. The fourth-order valence-electron chi connectivity index (χ4n) is 2.01. The molecule has 0 bridgehead atoms. The van der Waals surface area contributed by atoms with Gasteiger partial charge in [-0.15, -0.1) is 11.6 Å². The van der Waals surface area contributed by atoms with E-state index < -0.39 is 14.4 Å². The number of carbonyl (C=O) groups is 2. The van der Waals surface area contributed by atoms with Crippen LogP contribution in [0.5, 0.6) is 0 Å². The topological polar surface area (TPSA) is 37.4 Å². The van der Waals surface area contributed by atoms with Gasteiger partial charge in [0.25, 0.3) is 0 Å². The maximum Gasteiger partial charge on any atom is 0.247 e. The van der Waals surface area contributed by atoms with E-state index in [1.54, 1.807) is 6.08 Å². The lowest BCUT2D eigenvalue weighted by molar-refractivity contribution is -0.133. The van der Waals surface area contributed by atoms with Gasteiger partial charge in [-0.05, 0) is 24.8 Å². The largest absolute Gasteiger partial charge is 0.273 e. The summed E-state index contributed by atoms with van der Waals surface area (Å²) >= 11 is 23.5. The van der Waals surface area contributed by atoms with Crippen molar-refractivity contribution in [2.24, 2.45) is 11.8 Å². The highest BCUT2D eigenvalue weighted by Crippen LogP contribution is 2.45. The molecule has 18 heavy (non-hydrogen) atoms. The molecular weight excluding hydrogens is 340 g/mol. The minimum absolute atomic E-state index is 0.251. The van der Waals surface area contributed by atoms with Gasteiger partial charge in [0, 0.05) is 0 Å². The Kier molecular flexibility index (Phi) is 4.44. The van der Waals surface area contributed by atoms with E-state index in [-0.39, 0.29) is 17.7 Å². The quantitative estimate of drug-likeness (QED) is 0.331. The SMILES string of the molecule is O=C1C2C=CCCC2C(=O)N1SC(Cl)C(Cl)(Cl)Cl. The van der Waals surface area contributed by atoms with E-state index in [0.29, 0.717) is 6.42 Å². The lowest BCUT2D eigenvalue weighted by atomic mass is 9.86. The zero-order chi connectivity index (χ0) is 13.5. The standard InChI is InChI=1S/C10H9Cl4NO2S/c11-9(10(12,13)14)18-15-7(16)5-3-1-2-4-6(5)8(15)17/h1,3,5-6,9H,2,4H2. The number of fused-ring (bicyclic) bond motifs is 1. The molecule has 2 rings (SSSR count). The molecule has 0 radical (unpaired) electrons. The number of nitrogens with zero attached hydrogens (tertiary/aromatic N) is 1. The highest BCUT2D eigenvalue weighted by Gasteiger charge is 2.49. The Labute approximate surface area is 129 Å². The zero-order valence-corrected chi connectivity index (χ0v) is 12.8. The molecule has 1 aliphatic heterocycles. The first-order valence-corrected chi connectivity index (χ1v) is 7.65. The number of allylic oxidation sites excluding steroid dienone is 1. The molecule has 100 valence electrons. The predicted octanol–water partition coefficient (Wildman–Crippen LogP) is 3.52. The van der Waals surface area contributed by atoms with Gasteiger partial charge in [-0.3, -0.25) is 9.59 Å². The summed E-state index contributed by atoms with van der Waals surface area (Å²) in [6.07, 6.45) is 5.15. The zero-order valence-electron chi connectivity index (χ0n) is 8.98. The van der Waals surface area contributed by atoms with E-state index >= 15 is 0 Å². The summed E-state index contributed by atoms with van der Waals surface area (Å²) in [5.41, 5.74) is 0. The molecule has 1 saturated heterocycles. The summed E-state index contributed by atoms with van der Waals surface area (Å²) < 4.78 is -1.71. The molecule has 0 aromatic rings. The van der Waals surface area contributed by atoms with Crippen molar-refractivity contribution < 1.29 is 9.59 Å². The average Bonchev–Trinajstić information content (AvgIpc) is 2.54. The van der Waals surface area contributed by atoms with E-state index in [9.17, 15) is 9.59 Å². The fraction of sp³-hybridized carbons (Fsp3) is 0.600. The third-order valence-corrected chi connectivity index (χ3v) is 5.93. The highest BCUT2D eigenvalue weighted by atomic mass is 35.6. The molecule has 0 spiro atoms. The van der Waals surface area contributed by atoms with E-state index in [4.69, 9.17) is 46.4 Å². The lowest BCUT2D eigenvalue weighted by Gasteiger charge is -2.21. The number of halogens is 4. The molecule has 0 saturated carbocycles. The minimum Gasteiger partial charge on any atom is -0.273 e. The number of hydrogen-bond acceptors (Lipinski definition) is 3. The van der Waals surface area contributed by atoms with Crippen molar-refractivity contribution in [1.29, 1.82) is 0 Å². The number of imide groups is 1. The molecule has 0 N–H and O–H groups in total. The van der Waals surface area contributed by atoms with Crippen molar-refractivity contribution in [1.82, 2.24) is 4.31 Å². The number of hydrogen-bond donors (Lipinski definition) is 0. The molecule has 3 atom stereocenters. The Morgan fingerprint density at radius 1 is 1.33 bits per heavy atom. The van der Waals surface area contributed by atoms with Crippen molar-refractivity contribution in [3.05, 3.63) is 12.2 Å². The van der Waals surface area contributed by atoms with Gasteiger partial charge in [-0.2, -0.15) is 0 Å². The molecule has 0 aromatic heterocycles. The lowest BCUT2D eigenvalue weighted by Crippen LogP contribution is -2.29. The number of alkyl halides is 4. The van der Waals surface area contributed by atoms with Crippen molar-refractivity contribution in [2.45, 2.75) is 21.3 Å². The van der Waals surface area contributed by atoms with Crippen LogP contribution in [0.25, 0.3) is 0 Å². The third-order valence-electron chi connectivity index (χ3n) is 2.88. The van der Waals surface area contributed by atoms with Gasteiger partial charge in [0.15, 0.2) is 0 Å². The van der Waals surface area contributed by atoms with Gasteiger partial charge in [0.1, 0.15) is 4.71 Å². The summed E-state index contributed by atoms with van der Waals surface area (Å²) in [6, 6.07) is 0. The number of carbonyl (C=O) groups excluding carboxylic acids is 2. The van der Waals surface area contributed by atoms with Crippen molar-refractivity contribution in [3.63, 3.8) is 0 Å². The van der Waals surface area contributed by atoms with Crippen LogP contribution in [0.2, 0.25) is 0 Å². The van der Waals surface area contributed by atoms with Gasteiger partial charge in [-0.1, -0.05) is 47.0 Å². The van der Waals surface area contributed by atoms with Crippen LogP contribution in [0.4, 0.5) is 0 Å². The van der Waals surface area contributed by atoms with Crippen LogP contribution in [0.15, 0.2) is 12.2 Å². The van der Waals surface area contributed by atoms with Crippen LogP contribution < -0.4 is 0 Å². The Bertz CT molecular complexity index is 409. The van der Waals surface area contributed by atoms with Crippen LogP contribution in [0.1, 0.15) is 12.8 Å². The maximum absolute atomic E-state index is 12.1. The molecule has 2 amide bonds. The molecule has 1 fully saturated rings.